The van der Waals surface area contributed by atoms with Crippen molar-refractivity contribution in [3.63, 3.8) is 0 Å². The molecule has 1 aromatic rings. The maximum atomic E-state index is 14.3. The molecule has 1 fully saturated rings. The summed E-state index contributed by atoms with van der Waals surface area (Å²) in [6.45, 7) is 15.8. The Balaban J connectivity index is 1.91. The van der Waals surface area contributed by atoms with Crippen LogP contribution in [-0.4, -0.2) is 226 Å². The van der Waals surface area contributed by atoms with Crippen molar-refractivity contribution in [2.75, 3.05) is 99.2 Å². The molecule has 2 heterocycles. The van der Waals surface area contributed by atoms with Crippen LogP contribution in [0.5, 0.6) is 0 Å². The van der Waals surface area contributed by atoms with E-state index in [1.165, 1.54) is 12.0 Å². The van der Waals surface area contributed by atoms with E-state index < -0.39 is 113 Å². The van der Waals surface area contributed by atoms with Crippen LogP contribution in [0.4, 0.5) is 0 Å². The van der Waals surface area contributed by atoms with Gasteiger partial charge in [0.1, 0.15) is 31.0 Å². The van der Waals surface area contributed by atoms with Crippen molar-refractivity contribution < 1.29 is 76.8 Å². The molecule has 5 amide bonds. The fraction of sp³-hybridized carbons (Fsp3) is 0.800. The van der Waals surface area contributed by atoms with Gasteiger partial charge in [0, 0.05) is 45.2 Å². The largest absolute Gasteiger partial charge is 0.463 e. The number of amides is 5. The average Bonchev–Trinajstić information content (AvgIpc) is 1.60. The van der Waals surface area contributed by atoms with E-state index in [4.69, 9.17) is 46.6 Å². The van der Waals surface area contributed by atoms with E-state index in [2.05, 4.69) is 47.7 Å². The molecule has 0 spiro atoms. The van der Waals surface area contributed by atoms with Crippen LogP contribution in [0.2, 0.25) is 0 Å². The van der Waals surface area contributed by atoms with Gasteiger partial charge in [-0.3, -0.25) is 53.3 Å². The van der Waals surface area contributed by atoms with Gasteiger partial charge in [0.25, 0.3) is 0 Å². The molecular weight excluding hydrogens is 1200 g/mol. The van der Waals surface area contributed by atoms with Crippen LogP contribution in [0.3, 0.4) is 0 Å². The smallest absolute Gasteiger partial charge is 0.311 e. The average molecular weight is 1310 g/mol. The lowest BCUT2D eigenvalue weighted by molar-refractivity contribution is -0.156. The van der Waals surface area contributed by atoms with Gasteiger partial charge in [-0.25, -0.2) is 15.5 Å². The molecule has 1 aliphatic rings. The van der Waals surface area contributed by atoms with E-state index in [1.807, 2.05) is 19.3 Å². The molecule has 0 aliphatic carbocycles. The number of hydrazine groups is 1. The van der Waals surface area contributed by atoms with Gasteiger partial charge in [0.2, 0.25) is 52.7 Å². The number of hydroxylamine groups is 1. The third-order valence-electron chi connectivity index (χ3n) is 15.1. The van der Waals surface area contributed by atoms with Crippen molar-refractivity contribution in [3.05, 3.63) is 11.9 Å². The number of carbonyl (C=O) groups is 10. The first kappa shape index (κ1) is 82.2. The Morgan fingerprint density at radius 3 is 1.98 bits per heavy atom. The summed E-state index contributed by atoms with van der Waals surface area (Å²) in [5.74, 6) is -7.63. The zero-order valence-corrected chi connectivity index (χ0v) is 55.5. The van der Waals surface area contributed by atoms with Crippen LogP contribution >= 0.6 is 0 Å². The van der Waals surface area contributed by atoms with Crippen LogP contribution in [0.1, 0.15) is 138 Å². The number of aromatic nitrogens is 3. The van der Waals surface area contributed by atoms with Gasteiger partial charge >= 0.3 is 5.97 Å². The number of ketones is 4. The van der Waals surface area contributed by atoms with Crippen LogP contribution in [-0.2, 0) is 84.6 Å². The number of methoxy groups -OCH3 is 1. The van der Waals surface area contributed by atoms with Crippen molar-refractivity contribution in [1.82, 2.24) is 62.8 Å². The highest BCUT2D eigenvalue weighted by Crippen LogP contribution is 2.27. The first-order valence-electron chi connectivity index (χ1n) is 32.3. The summed E-state index contributed by atoms with van der Waals surface area (Å²) in [4.78, 5) is 136. The summed E-state index contributed by atoms with van der Waals surface area (Å²) < 4.78 is 28.5. The number of ether oxygens (including phenoxy) is 5. The molecule has 1 aromatic heterocycles. The molecule has 92 heavy (non-hydrogen) atoms. The molecule has 1 saturated heterocycles. The number of nitrogens with two attached hydrogens (primary N) is 4. The molecule has 32 heteroatoms. The van der Waals surface area contributed by atoms with Gasteiger partial charge < -0.3 is 78.0 Å². The van der Waals surface area contributed by atoms with Gasteiger partial charge in [-0.2, -0.15) is 5.48 Å². The summed E-state index contributed by atoms with van der Waals surface area (Å²) >= 11 is 0. The van der Waals surface area contributed by atoms with Gasteiger partial charge in [0.15, 0.2) is 0 Å². The van der Waals surface area contributed by atoms with Crippen LogP contribution in [0, 0.1) is 23.2 Å². The van der Waals surface area contributed by atoms with E-state index in [-0.39, 0.29) is 89.0 Å². The molecule has 1 unspecified atom stereocenters. The standard InChI is InChI=1S/C60H110N16O16/c1-39(2)35-46(72-67-37-48(77)53(81)50(40(3)4)70-55(83)44(17-13-23-66-59(63)64)69-56(84)45(73-87)16-10-12-22-62)57(85)76-25-14-18-47(76)52(80)51(79)43(15-9-11-21-61)68-49(78)20-19-42-38-75(74-71-42)26-28-90-31-33-91-32-30-89-27-24-65-54(82)41(5)36-60(6,7)58(86)92-34-29-88-8/h38-41,43-47,50,59,66-67,72-73,87H,9-37,61-64H2,1-8H3,(H,65,82)(H,68,78)(H,69,84)(H,70,83)/t41?,43-,44-,45-,46-,47-,50-/m0/s1. The Kier molecular flexibility index (Phi) is 41.3. The normalized spacial score (nSPS) is 15.4. The van der Waals surface area contributed by atoms with Crippen molar-refractivity contribution in [3.8, 4) is 0 Å². The molecule has 32 nitrogen and oxygen atoms in total. The lowest BCUT2D eigenvalue weighted by Gasteiger charge is -2.30. The Bertz CT molecular complexity index is 2400. The number of rotatable bonds is 54. The second-order valence-electron chi connectivity index (χ2n) is 24.4. The minimum absolute atomic E-state index is 0.0663. The summed E-state index contributed by atoms with van der Waals surface area (Å²) in [7, 11) is 1.52. The zero-order valence-electron chi connectivity index (χ0n) is 55.5. The van der Waals surface area contributed by atoms with E-state index in [1.54, 1.807) is 45.5 Å². The highest BCUT2D eigenvalue weighted by Gasteiger charge is 2.42. The predicted molar refractivity (Wildman–Crippen MR) is 338 cm³/mol. The lowest BCUT2D eigenvalue weighted by atomic mass is 9.83. The Morgan fingerprint density at radius 1 is 0.728 bits per heavy atom. The number of nitrogens with one attached hydrogen (secondary N) is 8. The lowest BCUT2D eigenvalue weighted by Crippen LogP contribution is -2.58. The fourth-order valence-corrected chi connectivity index (χ4v) is 10.0. The van der Waals surface area contributed by atoms with E-state index >= 15 is 0 Å². The first-order chi connectivity index (χ1) is 43.8. The van der Waals surface area contributed by atoms with Gasteiger partial charge in [-0.05, 0) is 116 Å². The Hall–Kier alpha value is -5.88. The topological polar surface area (TPSA) is 471 Å². The number of hydrogen-bond acceptors (Lipinski definition) is 26. The molecule has 2 rings (SSSR count). The van der Waals surface area contributed by atoms with Crippen molar-refractivity contribution in [1.29, 1.82) is 0 Å². The number of aryl methyl sites for hydroxylation is 1. The SMILES string of the molecule is COCCOC(=O)C(C)(C)CC(C)C(=O)NCCOCCOCCOCCn1cc(CCC(=O)N[C@@H](CCCCN)C(=O)C(=O)[C@@H]2CCCN2C(=O)[C@H](CC(C)C)NNCC(=O)C(=O)[C@@H](NC(=O)[C@H](CCCNC(N)N)NC(=O)[C@H](CCCCN)NO)C(C)C)nn1. The molecule has 0 bridgehead atoms. The maximum Gasteiger partial charge on any atom is 0.311 e. The maximum absolute atomic E-state index is 14.3. The number of hydrogen-bond donors (Lipinski definition) is 13. The zero-order chi connectivity index (χ0) is 68.6. The van der Waals surface area contributed by atoms with Crippen LogP contribution < -0.4 is 65.9 Å². The monoisotopic (exact) mass is 1310 g/mol. The number of carbonyl (C=O) groups excluding carboxylic acids is 10. The number of likely N-dealkylation sites (tertiary alicyclic amines) is 1. The minimum Gasteiger partial charge on any atom is -0.463 e. The number of Topliss-reactive ketones (excluding diaryl/α,β-unsaturated/α-hetero) is 4. The fourth-order valence-electron chi connectivity index (χ4n) is 10.0. The molecule has 0 aromatic carbocycles. The molecule has 17 N–H and O–H groups in total. The quantitative estimate of drug-likeness (QED) is 0.0107. The summed E-state index contributed by atoms with van der Waals surface area (Å²) in [6.07, 6.45) is 4.98. The minimum atomic E-state index is -1.32. The molecular formula is C60H110N16O16. The highest BCUT2D eigenvalue weighted by molar-refractivity contribution is 6.41. The predicted octanol–water partition coefficient (Wildman–Crippen LogP) is -2.32. The van der Waals surface area contributed by atoms with Crippen molar-refractivity contribution in [2.45, 2.75) is 187 Å². The van der Waals surface area contributed by atoms with E-state index in [0.29, 0.717) is 116 Å². The molecule has 0 radical (unpaired) electrons. The van der Waals surface area contributed by atoms with Gasteiger partial charge in [-0.1, -0.05) is 46.3 Å². The highest BCUT2D eigenvalue weighted by atomic mass is 16.6. The molecule has 7 atom stereocenters. The summed E-state index contributed by atoms with van der Waals surface area (Å²) in [5.41, 5.74) is 29.7. The van der Waals surface area contributed by atoms with Gasteiger partial charge in [-0.15, -0.1) is 5.10 Å². The molecule has 526 valence electrons. The number of nitrogens with zero attached hydrogens (tertiary/aromatic N) is 4. The Labute approximate surface area is 541 Å². The molecule has 0 saturated carbocycles. The van der Waals surface area contributed by atoms with Crippen LogP contribution in [0.15, 0.2) is 6.20 Å². The van der Waals surface area contributed by atoms with E-state index in [9.17, 15) is 53.2 Å². The first-order valence-corrected chi connectivity index (χ1v) is 32.3. The number of unbranched alkanes of at least 4 members (excludes halogenated alkanes) is 2. The van der Waals surface area contributed by atoms with Crippen molar-refractivity contribution >= 4 is 58.6 Å². The summed E-state index contributed by atoms with van der Waals surface area (Å²) in [5, 5.41) is 31.6. The summed E-state index contributed by atoms with van der Waals surface area (Å²) in [6, 6.07) is -6.87. The third-order valence-corrected chi connectivity index (χ3v) is 15.1. The van der Waals surface area contributed by atoms with Crippen LogP contribution in [0.25, 0.3) is 0 Å². The third kappa shape index (κ3) is 32.3. The Morgan fingerprint density at radius 2 is 1.36 bits per heavy atom. The molecule has 1 aliphatic heterocycles. The van der Waals surface area contributed by atoms with Gasteiger partial charge in [0.05, 0.1) is 88.6 Å². The number of esters is 1. The second-order valence-corrected chi connectivity index (χ2v) is 24.4. The van der Waals surface area contributed by atoms with E-state index in [0.717, 1.165) is 0 Å². The van der Waals surface area contributed by atoms with Crippen molar-refractivity contribution in [2.24, 2.45) is 46.1 Å². The second kappa shape index (κ2) is 46.2.